The molecule has 0 aliphatic heterocycles. The lowest BCUT2D eigenvalue weighted by molar-refractivity contribution is 0.602. The van der Waals surface area contributed by atoms with Gasteiger partial charge in [0, 0.05) is 17.5 Å². The van der Waals surface area contributed by atoms with Crippen molar-refractivity contribution in [1.82, 2.24) is 0 Å². The molecule has 0 aliphatic carbocycles. The van der Waals surface area contributed by atoms with Gasteiger partial charge in [-0.2, -0.15) is 0 Å². The Hall–Kier alpha value is -1.81. The zero-order valence-electron chi connectivity index (χ0n) is 9.42. The Bertz CT molecular complexity index is 634. The van der Waals surface area contributed by atoms with Crippen molar-refractivity contribution in [2.45, 2.75) is 4.90 Å². The largest absolute Gasteiger partial charge is 0.399 e. The maximum absolute atomic E-state index is 11.7. The Morgan fingerprint density at radius 2 is 1.65 bits per heavy atom. The quantitative estimate of drug-likeness (QED) is 0.829. The highest BCUT2D eigenvalue weighted by Crippen LogP contribution is 2.28. The molecule has 0 saturated heterocycles. The molecule has 88 valence electrons. The van der Waals surface area contributed by atoms with Crippen LogP contribution in [0.4, 0.5) is 5.69 Å². The summed E-state index contributed by atoms with van der Waals surface area (Å²) in [4.78, 5) is 0.267. The van der Waals surface area contributed by atoms with Gasteiger partial charge < -0.3 is 5.73 Å². The van der Waals surface area contributed by atoms with E-state index in [2.05, 4.69) is 0 Å². The highest BCUT2D eigenvalue weighted by atomic mass is 32.2. The Morgan fingerprint density at radius 3 is 2.24 bits per heavy atom. The smallest absolute Gasteiger partial charge is 0.176 e. The summed E-state index contributed by atoms with van der Waals surface area (Å²) >= 11 is 0. The van der Waals surface area contributed by atoms with E-state index < -0.39 is 9.84 Å². The summed E-state index contributed by atoms with van der Waals surface area (Å²) in [6, 6.07) is 14.3. The minimum absolute atomic E-state index is 0.267. The zero-order valence-corrected chi connectivity index (χ0v) is 10.2. The molecule has 2 aromatic rings. The van der Waals surface area contributed by atoms with Crippen LogP contribution in [-0.4, -0.2) is 14.7 Å². The third-order valence-electron chi connectivity index (χ3n) is 2.49. The van der Waals surface area contributed by atoms with Crippen molar-refractivity contribution >= 4 is 15.5 Å². The second kappa shape index (κ2) is 4.22. The minimum atomic E-state index is -3.28. The average Bonchev–Trinajstić information content (AvgIpc) is 2.29. The third kappa shape index (κ3) is 2.47. The molecule has 0 unspecified atom stereocenters. The van der Waals surface area contributed by atoms with E-state index in [0.29, 0.717) is 11.3 Å². The molecular formula is C13H13NO2S. The molecule has 0 radical (unpaired) electrons. The average molecular weight is 247 g/mol. The van der Waals surface area contributed by atoms with Crippen LogP contribution in [0.5, 0.6) is 0 Å². The number of anilines is 1. The first kappa shape index (κ1) is 11.7. The first-order valence-electron chi connectivity index (χ1n) is 5.13. The Balaban J connectivity index is 2.71. The van der Waals surface area contributed by atoms with Crippen molar-refractivity contribution in [2.75, 3.05) is 12.0 Å². The van der Waals surface area contributed by atoms with Crippen molar-refractivity contribution in [1.29, 1.82) is 0 Å². The summed E-state index contributed by atoms with van der Waals surface area (Å²) < 4.78 is 23.4. The molecule has 0 heterocycles. The predicted molar refractivity (Wildman–Crippen MR) is 69.4 cm³/mol. The lowest BCUT2D eigenvalue weighted by Crippen LogP contribution is -2.01. The molecule has 0 bridgehead atoms. The SMILES string of the molecule is CS(=O)(=O)c1cc(N)ccc1-c1ccccc1. The molecule has 17 heavy (non-hydrogen) atoms. The predicted octanol–water partition coefficient (Wildman–Crippen LogP) is 2.34. The van der Waals surface area contributed by atoms with E-state index in [4.69, 9.17) is 5.73 Å². The van der Waals surface area contributed by atoms with Crippen LogP contribution in [0, 0.1) is 0 Å². The van der Waals surface area contributed by atoms with Crippen LogP contribution in [0.3, 0.4) is 0 Å². The number of hydrogen-bond donors (Lipinski definition) is 1. The molecule has 0 atom stereocenters. The van der Waals surface area contributed by atoms with Gasteiger partial charge in [-0.05, 0) is 17.7 Å². The van der Waals surface area contributed by atoms with Crippen LogP contribution in [-0.2, 0) is 9.84 Å². The van der Waals surface area contributed by atoms with E-state index in [1.165, 1.54) is 12.3 Å². The fourth-order valence-electron chi connectivity index (χ4n) is 1.70. The fourth-order valence-corrected chi connectivity index (χ4v) is 2.64. The van der Waals surface area contributed by atoms with Crippen LogP contribution in [0.15, 0.2) is 53.4 Å². The second-order valence-electron chi connectivity index (χ2n) is 3.89. The molecule has 2 rings (SSSR count). The number of hydrogen-bond acceptors (Lipinski definition) is 3. The lowest BCUT2D eigenvalue weighted by Gasteiger charge is -2.09. The highest BCUT2D eigenvalue weighted by molar-refractivity contribution is 7.90. The van der Waals surface area contributed by atoms with Gasteiger partial charge in [-0.1, -0.05) is 36.4 Å². The summed E-state index contributed by atoms with van der Waals surface area (Å²) in [5, 5.41) is 0. The Labute approximate surface area is 101 Å². The summed E-state index contributed by atoms with van der Waals surface area (Å²) in [6.45, 7) is 0. The molecule has 0 spiro atoms. The standard InChI is InChI=1S/C13H13NO2S/c1-17(15,16)13-9-11(14)7-8-12(13)10-5-3-2-4-6-10/h2-9H,14H2,1H3. The van der Waals surface area contributed by atoms with Crippen molar-refractivity contribution in [3.8, 4) is 11.1 Å². The van der Waals surface area contributed by atoms with Gasteiger partial charge in [0.1, 0.15) is 0 Å². The van der Waals surface area contributed by atoms with E-state index in [-0.39, 0.29) is 4.90 Å². The molecule has 2 N–H and O–H groups in total. The Morgan fingerprint density at radius 1 is 1.00 bits per heavy atom. The third-order valence-corrected chi connectivity index (χ3v) is 3.63. The van der Waals surface area contributed by atoms with Crippen molar-refractivity contribution in [2.24, 2.45) is 0 Å². The van der Waals surface area contributed by atoms with E-state index in [1.807, 2.05) is 30.3 Å². The summed E-state index contributed by atoms with van der Waals surface area (Å²) in [6.07, 6.45) is 1.19. The normalized spacial score (nSPS) is 11.4. The first-order chi connectivity index (χ1) is 7.98. The van der Waals surface area contributed by atoms with E-state index in [9.17, 15) is 8.42 Å². The van der Waals surface area contributed by atoms with Crippen molar-refractivity contribution < 1.29 is 8.42 Å². The zero-order chi connectivity index (χ0) is 12.5. The molecule has 3 nitrogen and oxygen atoms in total. The number of nitrogens with two attached hydrogens (primary N) is 1. The van der Waals surface area contributed by atoms with Crippen LogP contribution < -0.4 is 5.73 Å². The maximum Gasteiger partial charge on any atom is 0.176 e. The molecule has 0 amide bonds. The van der Waals surface area contributed by atoms with E-state index in [1.54, 1.807) is 12.1 Å². The fraction of sp³-hybridized carbons (Fsp3) is 0.0769. The van der Waals surface area contributed by atoms with Gasteiger partial charge in [-0.3, -0.25) is 0 Å². The molecule has 0 saturated carbocycles. The van der Waals surface area contributed by atoms with Crippen LogP contribution in [0.25, 0.3) is 11.1 Å². The first-order valence-corrected chi connectivity index (χ1v) is 7.02. The lowest BCUT2D eigenvalue weighted by atomic mass is 10.1. The summed E-state index contributed by atoms with van der Waals surface area (Å²) in [5.41, 5.74) is 7.64. The summed E-state index contributed by atoms with van der Waals surface area (Å²) in [5.74, 6) is 0. The highest BCUT2D eigenvalue weighted by Gasteiger charge is 2.14. The van der Waals surface area contributed by atoms with Gasteiger partial charge in [-0.25, -0.2) is 8.42 Å². The summed E-state index contributed by atoms with van der Waals surface area (Å²) in [7, 11) is -3.28. The van der Waals surface area contributed by atoms with Gasteiger partial charge in [0.2, 0.25) is 0 Å². The minimum Gasteiger partial charge on any atom is -0.399 e. The van der Waals surface area contributed by atoms with E-state index >= 15 is 0 Å². The van der Waals surface area contributed by atoms with Crippen molar-refractivity contribution in [3.63, 3.8) is 0 Å². The second-order valence-corrected chi connectivity index (χ2v) is 5.88. The maximum atomic E-state index is 11.7. The number of nitrogen functional groups attached to an aromatic ring is 1. The molecule has 0 aliphatic rings. The van der Waals surface area contributed by atoms with Crippen LogP contribution >= 0.6 is 0 Å². The number of rotatable bonds is 2. The van der Waals surface area contributed by atoms with Crippen molar-refractivity contribution in [3.05, 3.63) is 48.5 Å². The molecular weight excluding hydrogens is 234 g/mol. The molecule has 0 fully saturated rings. The van der Waals surface area contributed by atoms with Gasteiger partial charge in [0.25, 0.3) is 0 Å². The van der Waals surface area contributed by atoms with Gasteiger partial charge in [0.05, 0.1) is 4.90 Å². The van der Waals surface area contributed by atoms with Gasteiger partial charge >= 0.3 is 0 Å². The van der Waals surface area contributed by atoms with Crippen LogP contribution in [0.2, 0.25) is 0 Å². The monoisotopic (exact) mass is 247 g/mol. The molecule has 0 aromatic heterocycles. The van der Waals surface area contributed by atoms with Gasteiger partial charge in [-0.15, -0.1) is 0 Å². The van der Waals surface area contributed by atoms with E-state index in [0.717, 1.165) is 5.56 Å². The number of sulfone groups is 1. The molecule has 4 heteroatoms. The number of benzene rings is 2. The Kier molecular flexibility index (Phi) is 2.90. The molecule has 2 aromatic carbocycles. The van der Waals surface area contributed by atoms with Crippen LogP contribution in [0.1, 0.15) is 0 Å². The topological polar surface area (TPSA) is 60.2 Å². The van der Waals surface area contributed by atoms with Gasteiger partial charge in [0.15, 0.2) is 9.84 Å².